The first-order valence-electron chi connectivity index (χ1n) is 8.01. The van der Waals surface area contributed by atoms with Crippen LogP contribution in [0.1, 0.15) is 28.8 Å². The van der Waals surface area contributed by atoms with Gasteiger partial charge in [0.15, 0.2) is 0 Å². The van der Waals surface area contributed by atoms with Gasteiger partial charge in [0.1, 0.15) is 18.4 Å². The van der Waals surface area contributed by atoms with E-state index >= 15 is 0 Å². The van der Waals surface area contributed by atoms with Crippen molar-refractivity contribution in [3.05, 3.63) is 58.6 Å². The summed E-state index contributed by atoms with van der Waals surface area (Å²) in [5.74, 6) is 0.351. The molecule has 1 heterocycles. The molecule has 0 aromatic heterocycles. The van der Waals surface area contributed by atoms with E-state index in [1.807, 2.05) is 12.1 Å². The fourth-order valence-corrected chi connectivity index (χ4v) is 2.80. The molecule has 5 nitrogen and oxygen atoms in total. The summed E-state index contributed by atoms with van der Waals surface area (Å²) >= 11 is 5.98. The van der Waals surface area contributed by atoms with E-state index in [9.17, 15) is 4.79 Å². The zero-order valence-corrected chi connectivity index (χ0v) is 14.3. The maximum Gasteiger partial charge on any atom is 0.255 e. The molecule has 2 aromatic rings. The molecule has 1 amide bonds. The molecule has 1 aliphatic rings. The second-order valence-corrected chi connectivity index (χ2v) is 6.14. The van der Waals surface area contributed by atoms with Gasteiger partial charge in [-0.25, -0.2) is 0 Å². The van der Waals surface area contributed by atoms with Gasteiger partial charge in [-0.15, -0.1) is 0 Å². The van der Waals surface area contributed by atoms with Crippen LogP contribution in [0.15, 0.2) is 42.5 Å². The van der Waals surface area contributed by atoms with Crippen LogP contribution in [0.2, 0.25) is 5.02 Å². The molecule has 0 radical (unpaired) electrons. The number of nitrogens with zero attached hydrogens (tertiary/aromatic N) is 1. The van der Waals surface area contributed by atoms with Crippen LogP contribution in [0, 0.1) is 11.3 Å². The third-order valence-corrected chi connectivity index (χ3v) is 4.22. The van der Waals surface area contributed by atoms with Crippen LogP contribution in [0.4, 0.5) is 5.69 Å². The van der Waals surface area contributed by atoms with Crippen molar-refractivity contribution in [3.8, 4) is 11.8 Å². The van der Waals surface area contributed by atoms with Crippen molar-refractivity contribution in [3.63, 3.8) is 0 Å². The van der Waals surface area contributed by atoms with Gasteiger partial charge in [-0.3, -0.25) is 4.79 Å². The van der Waals surface area contributed by atoms with E-state index in [2.05, 4.69) is 5.32 Å². The average Bonchev–Trinajstić information content (AvgIpc) is 3.14. The Balaban J connectivity index is 1.64. The van der Waals surface area contributed by atoms with Gasteiger partial charge in [0, 0.05) is 17.9 Å². The predicted octanol–water partition coefficient (Wildman–Crippen LogP) is 4.02. The van der Waals surface area contributed by atoms with Crippen LogP contribution >= 0.6 is 11.6 Å². The molecule has 1 fully saturated rings. The van der Waals surface area contributed by atoms with Crippen LogP contribution in [-0.4, -0.2) is 25.2 Å². The van der Waals surface area contributed by atoms with E-state index < -0.39 is 0 Å². The summed E-state index contributed by atoms with van der Waals surface area (Å²) in [5.41, 5.74) is 1.37. The van der Waals surface area contributed by atoms with Crippen LogP contribution in [-0.2, 0) is 4.74 Å². The Morgan fingerprint density at radius 2 is 2.24 bits per heavy atom. The van der Waals surface area contributed by atoms with Crippen molar-refractivity contribution in [2.45, 2.75) is 18.9 Å². The summed E-state index contributed by atoms with van der Waals surface area (Å²) in [7, 11) is 0. The largest absolute Gasteiger partial charge is 0.491 e. The molecule has 1 unspecified atom stereocenters. The SMILES string of the molecule is N#Cc1ccc(NC(=O)c2cccc(OCC3CCCO3)c2)cc1Cl. The van der Waals surface area contributed by atoms with E-state index in [1.54, 1.807) is 36.4 Å². The van der Waals surface area contributed by atoms with E-state index in [0.29, 0.717) is 34.2 Å². The van der Waals surface area contributed by atoms with Crippen molar-refractivity contribution in [1.29, 1.82) is 5.26 Å². The highest BCUT2D eigenvalue weighted by Crippen LogP contribution is 2.22. The highest BCUT2D eigenvalue weighted by Gasteiger charge is 2.16. The van der Waals surface area contributed by atoms with Gasteiger partial charge >= 0.3 is 0 Å². The van der Waals surface area contributed by atoms with Crippen LogP contribution < -0.4 is 10.1 Å². The summed E-state index contributed by atoms with van der Waals surface area (Å²) in [4.78, 5) is 12.4. The third kappa shape index (κ3) is 4.50. The molecule has 25 heavy (non-hydrogen) atoms. The van der Waals surface area contributed by atoms with Crippen molar-refractivity contribution < 1.29 is 14.3 Å². The fraction of sp³-hybridized carbons (Fsp3) is 0.263. The van der Waals surface area contributed by atoms with E-state index in [1.165, 1.54) is 0 Å². The number of nitrogens with one attached hydrogen (secondary N) is 1. The topological polar surface area (TPSA) is 71.4 Å². The smallest absolute Gasteiger partial charge is 0.255 e. The first-order valence-corrected chi connectivity index (χ1v) is 8.39. The van der Waals surface area contributed by atoms with Gasteiger partial charge in [0.25, 0.3) is 5.91 Å². The maximum absolute atomic E-state index is 12.4. The van der Waals surface area contributed by atoms with E-state index in [-0.39, 0.29) is 12.0 Å². The zero-order chi connectivity index (χ0) is 17.6. The summed E-state index contributed by atoms with van der Waals surface area (Å²) in [5, 5.41) is 11.9. The van der Waals surface area contributed by atoms with Gasteiger partial charge in [0.2, 0.25) is 0 Å². The molecule has 6 heteroatoms. The van der Waals surface area contributed by atoms with E-state index in [4.69, 9.17) is 26.3 Å². The van der Waals surface area contributed by atoms with Crippen molar-refractivity contribution in [1.82, 2.24) is 0 Å². The normalized spacial score (nSPS) is 16.2. The molecule has 128 valence electrons. The fourth-order valence-electron chi connectivity index (χ4n) is 2.58. The standard InChI is InChI=1S/C19H17ClN2O3/c20-18-10-15(7-6-14(18)11-21)22-19(23)13-3-1-4-16(9-13)25-12-17-5-2-8-24-17/h1,3-4,6-7,9-10,17H,2,5,8,12H2,(H,22,23). The summed E-state index contributed by atoms with van der Waals surface area (Å²) in [6.45, 7) is 1.26. The number of rotatable bonds is 5. The van der Waals surface area contributed by atoms with Crippen LogP contribution in [0.3, 0.4) is 0 Å². The average molecular weight is 357 g/mol. The Hall–Kier alpha value is -2.55. The number of halogens is 1. The summed E-state index contributed by atoms with van der Waals surface area (Å²) in [6, 6.07) is 13.7. The minimum Gasteiger partial charge on any atom is -0.491 e. The number of benzene rings is 2. The minimum absolute atomic E-state index is 0.123. The molecular formula is C19H17ClN2O3. The first kappa shape index (κ1) is 17.3. The minimum atomic E-state index is -0.275. The van der Waals surface area contributed by atoms with E-state index in [0.717, 1.165) is 19.4 Å². The molecule has 0 saturated carbocycles. The molecule has 1 saturated heterocycles. The Morgan fingerprint density at radius 1 is 1.36 bits per heavy atom. The van der Waals surface area contributed by atoms with Crippen LogP contribution in [0.5, 0.6) is 5.75 Å². The number of hydrogen-bond acceptors (Lipinski definition) is 4. The molecule has 0 spiro atoms. The molecule has 0 bridgehead atoms. The summed E-state index contributed by atoms with van der Waals surface area (Å²) in [6.07, 6.45) is 2.18. The molecule has 1 N–H and O–H groups in total. The lowest BCUT2D eigenvalue weighted by atomic mass is 10.2. The molecule has 3 rings (SSSR count). The monoisotopic (exact) mass is 356 g/mol. The molecule has 2 aromatic carbocycles. The van der Waals surface area contributed by atoms with Crippen molar-refractivity contribution in [2.75, 3.05) is 18.5 Å². The van der Waals surface area contributed by atoms with Crippen LogP contribution in [0.25, 0.3) is 0 Å². The number of nitriles is 1. The van der Waals surface area contributed by atoms with Gasteiger partial charge in [-0.2, -0.15) is 5.26 Å². The van der Waals surface area contributed by atoms with Gasteiger partial charge in [-0.1, -0.05) is 17.7 Å². The third-order valence-electron chi connectivity index (χ3n) is 3.90. The Morgan fingerprint density at radius 3 is 2.96 bits per heavy atom. The number of carbonyl (C=O) groups is 1. The lowest BCUT2D eigenvalue weighted by molar-refractivity contribution is 0.0679. The lowest BCUT2D eigenvalue weighted by Gasteiger charge is -2.12. The molecular weight excluding hydrogens is 340 g/mol. The lowest BCUT2D eigenvalue weighted by Crippen LogP contribution is -2.17. The van der Waals surface area contributed by atoms with Gasteiger partial charge in [-0.05, 0) is 49.2 Å². The number of carbonyl (C=O) groups excluding carboxylic acids is 1. The Kier molecular flexibility index (Phi) is 5.54. The highest BCUT2D eigenvalue weighted by atomic mass is 35.5. The summed E-state index contributed by atoms with van der Waals surface area (Å²) < 4.78 is 11.2. The quantitative estimate of drug-likeness (QED) is 0.878. The number of amides is 1. The molecule has 1 atom stereocenters. The highest BCUT2D eigenvalue weighted by molar-refractivity contribution is 6.32. The maximum atomic E-state index is 12.4. The number of hydrogen-bond donors (Lipinski definition) is 1. The van der Waals surface area contributed by atoms with Crippen molar-refractivity contribution in [2.24, 2.45) is 0 Å². The zero-order valence-electron chi connectivity index (χ0n) is 13.5. The Labute approximate surface area is 151 Å². The number of ether oxygens (including phenoxy) is 2. The van der Waals surface area contributed by atoms with Crippen molar-refractivity contribution >= 4 is 23.2 Å². The number of anilines is 1. The predicted molar refractivity (Wildman–Crippen MR) is 95.0 cm³/mol. The van der Waals surface area contributed by atoms with Gasteiger partial charge in [0.05, 0.1) is 16.7 Å². The Bertz CT molecular complexity index is 811. The molecule has 1 aliphatic heterocycles. The first-order chi connectivity index (χ1) is 12.2. The molecule has 0 aliphatic carbocycles. The second-order valence-electron chi connectivity index (χ2n) is 5.73. The van der Waals surface area contributed by atoms with Gasteiger partial charge < -0.3 is 14.8 Å². The second kappa shape index (κ2) is 8.02.